The van der Waals surface area contributed by atoms with Crippen molar-refractivity contribution in [1.82, 2.24) is 15.5 Å². The molecule has 0 aromatic rings. The molecule has 1 saturated heterocycles. The molecule has 0 saturated carbocycles. The van der Waals surface area contributed by atoms with E-state index in [4.69, 9.17) is 5.73 Å². The average Bonchev–Trinajstić information content (AvgIpc) is 2.15. The molecule has 12 heavy (non-hydrogen) atoms. The number of nitrogens with two attached hydrogens (primary N) is 1. The van der Waals surface area contributed by atoms with Gasteiger partial charge in [0.1, 0.15) is 0 Å². The Morgan fingerprint density at radius 2 is 2.17 bits per heavy atom. The smallest absolute Gasteiger partial charge is 0.0569 e. The van der Waals surface area contributed by atoms with Crippen molar-refractivity contribution in [3.8, 4) is 0 Å². The Hall–Kier alpha value is -0.160. The molecule has 1 aliphatic heterocycles. The average molecular weight is 172 g/mol. The van der Waals surface area contributed by atoms with Gasteiger partial charge in [-0.15, -0.1) is 0 Å². The van der Waals surface area contributed by atoms with Crippen molar-refractivity contribution >= 4 is 0 Å². The summed E-state index contributed by atoms with van der Waals surface area (Å²) in [4.78, 5) is 2.44. The minimum absolute atomic E-state index is 0.468. The Balaban J connectivity index is 2.15. The van der Waals surface area contributed by atoms with Crippen LogP contribution < -0.4 is 16.4 Å². The predicted molar refractivity (Wildman–Crippen MR) is 51.0 cm³/mol. The van der Waals surface area contributed by atoms with Gasteiger partial charge in [-0.05, 0) is 6.92 Å². The molecule has 0 aliphatic carbocycles. The van der Waals surface area contributed by atoms with Crippen LogP contribution >= 0.6 is 0 Å². The molecule has 4 heteroatoms. The third-order valence-corrected chi connectivity index (χ3v) is 2.28. The molecule has 1 aliphatic rings. The summed E-state index contributed by atoms with van der Waals surface area (Å²) in [6.07, 6.45) is 0.468. The molecule has 0 bridgehead atoms. The first-order valence-corrected chi connectivity index (χ1v) is 4.73. The van der Waals surface area contributed by atoms with Crippen molar-refractivity contribution in [1.29, 1.82) is 0 Å². The molecule has 1 rings (SSSR count). The maximum absolute atomic E-state index is 5.41. The summed E-state index contributed by atoms with van der Waals surface area (Å²) < 4.78 is 0. The molecule has 0 unspecified atom stereocenters. The van der Waals surface area contributed by atoms with Crippen molar-refractivity contribution in [2.75, 3.05) is 39.3 Å². The standard InChI is InChI=1S/C8H20N4/c1-8(11-3-2-9)12-6-4-10-5-7-12/h8,10-11H,2-7,9H2,1H3/t8-/m1/s1. The molecule has 72 valence electrons. The molecule has 1 heterocycles. The maximum atomic E-state index is 5.41. The van der Waals surface area contributed by atoms with Crippen LogP contribution in [-0.4, -0.2) is 50.3 Å². The second kappa shape index (κ2) is 5.48. The molecule has 0 amide bonds. The van der Waals surface area contributed by atoms with Gasteiger partial charge in [-0.1, -0.05) is 0 Å². The Labute approximate surface area is 74.5 Å². The third-order valence-electron chi connectivity index (χ3n) is 2.28. The van der Waals surface area contributed by atoms with Crippen LogP contribution in [0.2, 0.25) is 0 Å². The highest BCUT2D eigenvalue weighted by Gasteiger charge is 2.14. The van der Waals surface area contributed by atoms with Gasteiger partial charge >= 0.3 is 0 Å². The normalized spacial score (nSPS) is 22.5. The van der Waals surface area contributed by atoms with Crippen LogP contribution in [0.25, 0.3) is 0 Å². The lowest BCUT2D eigenvalue weighted by Crippen LogP contribution is -2.53. The summed E-state index contributed by atoms with van der Waals surface area (Å²) in [7, 11) is 0. The second-order valence-electron chi connectivity index (χ2n) is 3.20. The number of hydrogen-bond acceptors (Lipinski definition) is 4. The van der Waals surface area contributed by atoms with E-state index in [2.05, 4.69) is 22.5 Å². The highest BCUT2D eigenvalue weighted by Crippen LogP contribution is 1.96. The largest absolute Gasteiger partial charge is 0.329 e. The van der Waals surface area contributed by atoms with E-state index < -0.39 is 0 Å². The van der Waals surface area contributed by atoms with Crippen molar-refractivity contribution in [3.05, 3.63) is 0 Å². The summed E-state index contributed by atoms with van der Waals surface area (Å²) in [6, 6.07) is 0. The molecule has 1 fully saturated rings. The van der Waals surface area contributed by atoms with Gasteiger partial charge in [-0.25, -0.2) is 0 Å². The van der Waals surface area contributed by atoms with E-state index in [0.717, 1.165) is 39.3 Å². The van der Waals surface area contributed by atoms with Crippen LogP contribution in [-0.2, 0) is 0 Å². The molecule has 4 nitrogen and oxygen atoms in total. The van der Waals surface area contributed by atoms with Gasteiger partial charge in [-0.2, -0.15) is 0 Å². The predicted octanol–water partition coefficient (Wildman–Crippen LogP) is -1.21. The molecule has 0 radical (unpaired) electrons. The summed E-state index contributed by atoms with van der Waals surface area (Å²) in [5.41, 5.74) is 5.41. The molecule has 0 spiro atoms. The first kappa shape index (κ1) is 9.92. The zero-order valence-corrected chi connectivity index (χ0v) is 7.84. The molecule has 0 aromatic heterocycles. The van der Waals surface area contributed by atoms with Gasteiger partial charge in [0.15, 0.2) is 0 Å². The number of hydrogen-bond donors (Lipinski definition) is 3. The van der Waals surface area contributed by atoms with Gasteiger partial charge in [0.25, 0.3) is 0 Å². The van der Waals surface area contributed by atoms with Crippen molar-refractivity contribution in [3.63, 3.8) is 0 Å². The van der Waals surface area contributed by atoms with E-state index in [1.54, 1.807) is 0 Å². The maximum Gasteiger partial charge on any atom is 0.0569 e. The number of piperazine rings is 1. The number of rotatable bonds is 4. The summed E-state index contributed by atoms with van der Waals surface area (Å²) >= 11 is 0. The zero-order chi connectivity index (χ0) is 8.81. The van der Waals surface area contributed by atoms with Crippen LogP contribution in [0, 0.1) is 0 Å². The van der Waals surface area contributed by atoms with E-state index in [0.29, 0.717) is 6.17 Å². The van der Waals surface area contributed by atoms with Crippen LogP contribution in [0.5, 0.6) is 0 Å². The van der Waals surface area contributed by atoms with E-state index in [-0.39, 0.29) is 0 Å². The Morgan fingerprint density at radius 3 is 2.75 bits per heavy atom. The van der Waals surface area contributed by atoms with Gasteiger partial charge in [0, 0.05) is 39.3 Å². The first-order chi connectivity index (χ1) is 5.84. The lowest BCUT2D eigenvalue weighted by Gasteiger charge is -2.33. The van der Waals surface area contributed by atoms with E-state index in [1.807, 2.05) is 0 Å². The fourth-order valence-corrected chi connectivity index (χ4v) is 1.49. The van der Waals surface area contributed by atoms with Crippen LogP contribution in [0.15, 0.2) is 0 Å². The minimum Gasteiger partial charge on any atom is -0.329 e. The van der Waals surface area contributed by atoms with E-state index in [1.165, 1.54) is 0 Å². The number of nitrogens with one attached hydrogen (secondary N) is 2. The van der Waals surface area contributed by atoms with Crippen molar-refractivity contribution < 1.29 is 0 Å². The lowest BCUT2D eigenvalue weighted by atomic mass is 10.3. The van der Waals surface area contributed by atoms with Crippen LogP contribution in [0.3, 0.4) is 0 Å². The Morgan fingerprint density at radius 1 is 1.50 bits per heavy atom. The summed E-state index contributed by atoms with van der Waals surface area (Å²) in [6.45, 7) is 8.31. The SMILES string of the molecule is C[C@H](NCCN)N1CCNCC1. The van der Waals surface area contributed by atoms with Gasteiger partial charge in [0.2, 0.25) is 0 Å². The molecular formula is C8H20N4. The topological polar surface area (TPSA) is 53.3 Å². The molecular weight excluding hydrogens is 152 g/mol. The van der Waals surface area contributed by atoms with Crippen LogP contribution in [0.1, 0.15) is 6.92 Å². The Bertz CT molecular complexity index is 112. The Kier molecular flexibility index (Phi) is 4.53. The highest BCUT2D eigenvalue weighted by atomic mass is 15.3. The monoisotopic (exact) mass is 172 g/mol. The summed E-state index contributed by atoms with van der Waals surface area (Å²) in [5, 5.41) is 6.71. The fourth-order valence-electron chi connectivity index (χ4n) is 1.49. The van der Waals surface area contributed by atoms with E-state index in [9.17, 15) is 0 Å². The zero-order valence-electron chi connectivity index (χ0n) is 7.84. The highest BCUT2D eigenvalue weighted by molar-refractivity contribution is 4.71. The quantitative estimate of drug-likeness (QED) is 0.498. The fraction of sp³-hybridized carbons (Fsp3) is 1.00. The third kappa shape index (κ3) is 3.06. The molecule has 0 aromatic carbocycles. The van der Waals surface area contributed by atoms with Crippen molar-refractivity contribution in [2.45, 2.75) is 13.1 Å². The van der Waals surface area contributed by atoms with Crippen molar-refractivity contribution in [2.24, 2.45) is 5.73 Å². The van der Waals surface area contributed by atoms with E-state index >= 15 is 0 Å². The first-order valence-electron chi connectivity index (χ1n) is 4.73. The van der Waals surface area contributed by atoms with Gasteiger partial charge < -0.3 is 16.4 Å². The molecule has 4 N–H and O–H groups in total. The molecule has 1 atom stereocenters. The lowest BCUT2D eigenvalue weighted by molar-refractivity contribution is 0.159. The van der Waals surface area contributed by atoms with Gasteiger partial charge in [0.05, 0.1) is 6.17 Å². The summed E-state index contributed by atoms with van der Waals surface area (Å²) in [5.74, 6) is 0. The van der Waals surface area contributed by atoms with Gasteiger partial charge in [-0.3, -0.25) is 4.90 Å². The second-order valence-corrected chi connectivity index (χ2v) is 3.20. The van der Waals surface area contributed by atoms with Crippen LogP contribution in [0.4, 0.5) is 0 Å². The minimum atomic E-state index is 0.468. The number of nitrogens with zero attached hydrogens (tertiary/aromatic N) is 1.